The summed E-state index contributed by atoms with van der Waals surface area (Å²) in [6.07, 6.45) is 6.69. The lowest BCUT2D eigenvalue weighted by molar-refractivity contribution is -0.131. The minimum absolute atomic E-state index is 0.0468. The van der Waals surface area contributed by atoms with Crippen molar-refractivity contribution in [3.05, 3.63) is 39.7 Å². The third kappa shape index (κ3) is 5.05. The summed E-state index contributed by atoms with van der Waals surface area (Å²) in [6.45, 7) is 7.97. The summed E-state index contributed by atoms with van der Waals surface area (Å²) in [7, 11) is 1.62. The summed E-state index contributed by atoms with van der Waals surface area (Å²) in [5.74, 6) is 1.49. The summed E-state index contributed by atoms with van der Waals surface area (Å²) in [5, 5.41) is 0.964. The molecule has 1 aromatic carbocycles. The smallest absolute Gasteiger partial charge is 0.252 e. The molecule has 30 heavy (non-hydrogen) atoms. The number of rotatable bonds is 9. The number of carbonyl (C=O) groups excluding carboxylic acids is 1. The predicted octanol–water partition coefficient (Wildman–Crippen LogP) is 5.02. The second kappa shape index (κ2) is 10.1. The number of hydrogen-bond acceptors (Lipinski definition) is 3. The molecule has 0 bridgehead atoms. The molecule has 3 rings (SSSR count). The topological polar surface area (TPSA) is 62.4 Å². The number of hydrogen-bond donors (Lipinski definition) is 1. The Morgan fingerprint density at radius 2 is 2.00 bits per heavy atom. The lowest BCUT2D eigenvalue weighted by Gasteiger charge is -2.26. The maximum Gasteiger partial charge on any atom is 0.252 e. The summed E-state index contributed by atoms with van der Waals surface area (Å²) in [5.41, 5.74) is 2.44. The second-order valence-electron chi connectivity index (χ2n) is 9.00. The standard InChI is InChI=1S/C25H36N2O3/c1-5-6-13-27(16-17(2)3)23(28)15-21-20-12-11-19(30-4)14-22(20)26-25(29)24(21)18-9-7-8-10-18/h11-12,14,17-18H,5-10,13,15-16H2,1-4H3,(H,26,29). The molecular formula is C25H36N2O3. The van der Waals surface area contributed by atoms with Crippen LogP contribution in [0.3, 0.4) is 0 Å². The van der Waals surface area contributed by atoms with Crippen molar-refractivity contribution in [3.63, 3.8) is 0 Å². The molecule has 1 aliphatic rings. The first-order valence-electron chi connectivity index (χ1n) is 11.4. The molecule has 1 amide bonds. The van der Waals surface area contributed by atoms with Crippen LogP contribution in [0.2, 0.25) is 0 Å². The quantitative estimate of drug-likeness (QED) is 0.629. The molecule has 1 heterocycles. The number of carbonyl (C=O) groups is 1. The van der Waals surface area contributed by atoms with Crippen LogP contribution >= 0.6 is 0 Å². The summed E-state index contributed by atoms with van der Waals surface area (Å²) >= 11 is 0. The van der Waals surface area contributed by atoms with E-state index >= 15 is 0 Å². The van der Waals surface area contributed by atoms with Crippen molar-refractivity contribution in [2.75, 3.05) is 20.2 Å². The minimum Gasteiger partial charge on any atom is -0.497 e. The van der Waals surface area contributed by atoms with Crippen molar-refractivity contribution in [1.29, 1.82) is 0 Å². The lowest BCUT2D eigenvalue weighted by atomic mass is 9.89. The van der Waals surface area contributed by atoms with Gasteiger partial charge in [-0.05, 0) is 48.8 Å². The van der Waals surface area contributed by atoms with Crippen LogP contribution in [0.15, 0.2) is 23.0 Å². The minimum atomic E-state index is -0.0468. The Morgan fingerprint density at radius 1 is 1.27 bits per heavy atom. The van der Waals surface area contributed by atoms with Gasteiger partial charge in [0, 0.05) is 30.1 Å². The van der Waals surface area contributed by atoms with Gasteiger partial charge in [0.2, 0.25) is 5.91 Å². The number of benzene rings is 1. The van der Waals surface area contributed by atoms with Gasteiger partial charge in [-0.3, -0.25) is 9.59 Å². The number of H-pyrrole nitrogens is 1. The van der Waals surface area contributed by atoms with Gasteiger partial charge < -0.3 is 14.6 Å². The highest BCUT2D eigenvalue weighted by molar-refractivity contribution is 5.90. The highest BCUT2D eigenvalue weighted by atomic mass is 16.5. The fourth-order valence-electron chi connectivity index (χ4n) is 4.70. The van der Waals surface area contributed by atoms with E-state index in [9.17, 15) is 9.59 Å². The molecule has 2 aromatic rings. The number of pyridine rings is 1. The predicted molar refractivity (Wildman–Crippen MR) is 122 cm³/mol. The summed E-state index contributed by atoms with van der Waals surface area (Å²) in [6, 6.07) is 5.76. The van der Waals surface area contributed by atoms with Crippen LogP contribution in [-0.4, -0.2) is 36.0 Å². The van der Waals surface area contributed by atoms with Crippen molar-refractivity contribution in [2.24, 2.45) is 5.92 Å². The zero-order valence-corrected chi connectivity index (χ0v) is 18.9. The third-order valence-corrected chi connectivity index (χ3v) is 6.18. The molecule has 164 valence electrons. The number of unbranched alkanes of at least 4 members (excludes halogenated alkanes) is 1. The number of nitrogens with zero attached hydrogens (tertiary/aromatic N) is 1. The monoisotopic (exact) mass is 412 g/mol. The molecule has 0 radical (unpaired) electrons. The largest absolute Gasteiger partial charge is 0.497 e. The molecule has 1 aromatic heterocycles. The number of methoxy groups -OCH3 is 1. The number of ether oxygens (including phenoxy) is 1. The zero-order valence-electron chi connectivity index (χ0n) is 18.9. The first-order valence-corrected chi connectivity index (χ1v) is 11.4. The van der Waals surface area contributed by atoms with E-state index in [2.05, 4.69) is 25.8 Å². The third-order valence-electron chi connectivity index (χ3n) is 6.18. The molecule has 0 aliphatic heterocycles. The van der Waals surface area contributed by atoms with E-state index in [4.69, 9.17) is 4.74 Å². The fourth-order valence-corrected chi connectivity index (χ4v) is 4.70. The number of amides is 1. The Balaban J connectivity index is 2.05. The van der Waals surface area contributed by atoms with E-state index in [1.54, 1.807) is 7.11 Å². The molecular weight excluding hydrogens is 376 g/mol. The van der Waals surface area contributed by atoms with Crippen molar-refractivity contribution < 1.29 is 9.53 Å². The summed E-state index contributed by atoms with van der Waals surface area (Å²) < 4.78 is 5.34. The van der Waals surface area contributed by atoms with Gasteiger partial charge in [0.15, 0.2) is 0 Å². The van der Waals surface area contributed by atoms with Crippen LogP contribution in [0.25, 0.3) is 10.9 Å². The Morgan fingerprint density at radius 3 is 2.63 bits per heavy atom. The zero-order chi connectivity index (χ0) is 21.7. The maximum absolute atomic E-state index is 13.4. The van der Waals surface area contributed by atoms with Gasteiger partial charge in [0.25, 0.3) is 5.56 Å². The average Bonchev–Trinajstić information content (AvgIpc) is 3.24. The molecule has 5 nitrogen and oxygen atoms in total. The van der Waals surface area contributed by atoms with E-state index < -0.39 is 0 Å². The number of fused-ring (bicyclic) bond motifs is 1. The second-order valence-corrected chi connectivity index (χ2v) is 9.00. The summed E-state index contributed by atoms with van der Waals surface area (Å²) in [4.78, 5) is 31.6. The molecule has 1 aliphatic carbocycles. The highest BCUT2D eigenvalue weighted by Crippen LogP contribution is 2.36. The van der Waals surface area contributed by atoms with Gasteiger partial charge in [-0.2, -0.15) is 0 Å². The van der Waals surface area contributed by atoms with Gasteiger partial charge in [-0.15, -0.1) is 0 Å². The molecule has 1 fully saturated rings. The molecule has 0 atom stereocenters. The molecule has 0 saturated heterocycles. The average molecular weight is 413 g/mol. The first-order chi connectivity index (χ1) is 14.4. The van der Waals surface area contributed by atoms with E-state index in [0.717, 1.165) is 73.6 Å². The van der Waals surface area contributed by atoms with Crippen molar-refractivity contribution >= 4 is 16.8 Å². The van der Waals surface area contributed by atoms with Gasteiger partial charge in [-0.25, -0.2) is 0 Å². The normalized spacial score (nSPS) is 14.6. The van der Waals surface area contributed by atoms with Crippen LogP contribution in [-0.2, 0) is 11.2 Å². The molecule has 0 spiro atoms. The van der Waals surface area contributed by atoms with E-state index in [1.807, 2.05) is 23.1 Å². The number of aromatic nitrogens is 1. The Kier molecular flexibility index (Phi) is 7.57. The van der Waals surface area contributed by atoms with E-state index in [0.29, 0.717) is 11.7 Å². The first kappa shape index (κ1) is 22.4. The van der Waals surface area contributed by atoms with Crippen molar-refractivity contribution in [2.45, 2.75) is 71.6 Å². The van der Waals surface area contributed by atoms with Crippen molar-refractivity contribution in [3.8, 4) is 5.75 Å². The number of aromatic amines is 1. The molecule has 5 heteroatoms. The molecule has 1 N–H and O–H groups in total. The van der Waals surface area contributed by atoms with Gasteiger partial charge in [-0.1, -0.05) is 40.0 Å². The van der Waals surface area contributed by atoms with E-state index in [-0.39, 0.29) is 23.8 Å². The van der Waals surface area contributed by atoms with Crippen molar-refractivity contribution in [1.82, 2.24) is 9.88 Å². The highest BCUT2D eigenvalue weighted by Gasteiger charge is 2.27. The van der Waals surface area contributed by atoms with E-state index in [1.165, 1.54) is 0 Å². The van der Waals surface area contributed by atoms with Crippen LogP contribution in [0, 0.1) is 5.92 Å². The Labute approximate surface area is 179 Å². The Bertz CT molecular complexity index is 926. The lowest BCUT2D eigenvalue weighted by Crippen LogP contribution is -2.36. The maximum atomic E-state index is 13.4. The fraction of sp³-hybridized carbons (Fsp3) is 0.600. The van der Waals surface area contributed by atoms with Crippen LogP contribution < -0.4 is 10.3 Å². The molecule has 0 unspecified atom stereocenters. The van der Waals surface area contributed by atoms with Gasteiger partial charge in [0.1, 0.15) is 5.75 Å². The molecule has 1 saturated carbocycles. The van der Waals surface area contributed by atoms with Crippen LogP contribution in [0.5, 0.6) is 5.75 Å². The van der Waals surface area contributed by atoms with Gasteiger partial charge in [0.05, 0.1) is 19.0 Å². The SMILES string of the molecule is CCCCN(CC(C)C)C(=O)Cc1c(C2CCCC2)c(=O)[nH]c2cc(OC)ccc12. The Hall–Kier alpha value is -2.30. The number of nitrogens with one attached hydrogen (secondary N) is 1. The van der Waals surface area contributed by atoms with Crippen LogP contribution in [0.4, 0.5) is 0 Å². The van der Waals surface area contributed by atoms with Crippen LogP contribution in [0.1, 0.15) is 76.3 Å². The van der Waals surface area contributed by atoms with Gasteiger partial charge >= 0.3 is 0 Å².